The Morgan fingerprint density at radius 1 is 1.17 bits per heavy atom. The average Bonchev–Trinajstić information content (AvgIpc) is 2.52. The summed E-state index contributed by atoms with van der Waals surface area (Å²) < 4.78 is 37.9. The Morgan fingerprint density at radius 2 is 1.83 bits per heavy atom. The monoisotopic (exact) mass is 343 g/mol. The maximum atomic E-state index is 12.6. The summed E-state index contributed by atoms with van der Waals surface area (Å²) in [5, 5.41) is 14.1. The van der Waals surface area contributed by atoms with E-state index in [0.29, 0.717) is 5.69 Å². The van der Waals surface area contributed by atoms with E-state index in [1.54, 1.807) is 0 Å². The molecule has 23 heavy (non-hydrogen) atoms. The molecule has 0 fully saturated rings. The molecule has 0 spiro atoms. The van der Waals surface area contributed by atoms with Crippen LogP contribution in [0.3, 0.4) is 0 Å². The number of nitro groups is 1. The molecule has 0 aliphatic heterocycles. The molecule has 1 N–H and O–H groups in total. The van der Waals surface area contributed by atoms with Gasteiger partial charge in [0.05, 0.1) is 16.2 Å². The molecule has 0 amide bonds. The van der Waals surface area contributed by atoms with E-state index in [9.17, 15) is 23.3 Å². The Kier molecular flexibility index (Phi) is 4.85. The summed E-state index contributed by atoms with van der Waals surface area (Å²) in [6.07, 6.45) is -4.47. The first-order valence-corrected chi connectivity index (χ1v) is 6.56. The Balaban J connectivity index is 2.15. The lowest BCUT2D eigenvalue weighted by Gasteiger charge is -2.08. The number of anilines is 1. The van der Waals surface area contributed by atoms with E-state index in [1.165, 1.54) is 36.4 Å². The second-order valence-electron chi connectivity index (χ2n) is 4.40. The van der Waals surface area contributed by atoms with Crippen LogP contribution in [0, 0.1) is 10.1 Å². The molecule has 0 heterocycles. The number of hydrogen-bond acceptors (Lipinski definition) is 4. The molecule has 0 bridgehead atoms. The van der Waals surface area contributed by atoms with Crippen LogP contribution in [-0.4, -0.2) is 10.1 Å². The highest BCUT2D eigenvalue weighted by molar-refractivity contribution is 6.69. The van der Waals surface area contributed by atoms with Gasteiger partial charge in [-0.25, -0.2) is 0 Å². The van der Waals surface area contributed by atoms with E-state index in [0.717, 1.165) is 12.1 Å². The average molecular weight is 344 g/mol. The molecule has 2 rings (SSSR count). The van der Waals surface area contributed by atoms with Crippen molar-refractivity contribution in [3.63, 3.8) is 0 Å². The third-order valence-corrected chi connectivity index (χ3v) is 3.09. The number of hydrazone groups is 1. The third kappa shape index (κ3) is 4.43. The van der Waals surface area contributed by atoms with Gasteiger partial charge < -0.3 is 0 Å². The smallest absolute Gasteiger partial charge is 0.277 e. The number of nitrogens with zero attached hydrogens (tertiary/aromatic N) is 2. The number of benzene rings is 2. The lowest BCUT2D eigenvalue weighted by molar-refractivity contribution is -0.384. The molecule has 0 aliphatic carbocycles. The fourth-order valence-corrected chi connectivity index (χ4v) is 1.82. The summed E-state index contributed by atoms with van der Waals surface area (Å²) in [7, 11) is 0. The molecule has 0 saturated carbocycles. The second kappa shape index (κ2) is 6.66. The third-order valence-electron chi connectivity index (χ3n) is 2.79. The first-order chi connectivity index (χ1) is 10.8. The molecule has 0 aliphatic rings. The van der Waals surface area contributed by atoms with Crippen molar-refractivity contribution in [1.82, 2.24) is 0 Å². The fourth-order valence-electron chi connectivity index (χ4n) is 1.66. The van der Waals surface area contributed by atoms with Crippen LogP contribution in [0.5, 0.6) is 0 Å². The topological polar surface area (TPSA) is 67.5 Å². The first-order valence-electron chi connectivity index (χ1n) is 6.18. The molecule has 120 valence electrons. The predicted octanol–water partition coefficient (Wildman–Crippen LogP) is 4.63. The van der Waals surface area contributed by atoms with Gasteiger partial charge in [-0.3, -0.25) is 15.5 Å². The molecular formula is C14H9ClF3N3O2. The van der Waals surface area contributed by atoms with Gasteiger partial charge >= 0.3 is 6.18 Å². The van der Waals surface area contributed by atoms with E-state index >= 15 is 0 Å². The van der Waals surface area contributed by atoms with E-state index < -0.39 is 16.7 Å². The van der Waals surface area contributed by atoms with Crippen molar-refractivity contribution < 1.29 is 18.1 Å². The molecule has 0 atom stereocenters. The molecule has 0 radical (unpaired) electrons. The van der Waals surface area contributed by atoms with Gasteiger partial charge in [0, 0.05) is 17.7 Å². The number of non-ortho nitro benzene ring substituents is 1. The molecule has 9 heteroatoms. The second-order valence-corrected chi connectivity index (χ2v) is 4.75. The molecule has 0 aromatic heterocycles. The number of alkyl halides is 3. The number of rotatable bonds is 4. The van der Waals surface area contributed by atoms with Crippen molar-refractivity contribution in [1.29, 1.82) is 0 Å². The summed E-state index contributed by atoms with van der Waals surface area (Å²) in [5.41, 5.74) is 2.09. The highest BCUT2D eigenvalue weighted by Gasteiger charge is 2.30. The van der Waals surface area contributed by atoms with Crippen LogP contribution in [0.4, 0.5) is 24.5 Å². The minimum absolute atomic E-state index is 0.0934. The number of nitro benzene ring substituents is 1. The van der Waals surface area contributed by atoms with E-state index in [1.807, 2.05) is 0 Å². The maximum Gasteiger partial charge on any atom is 0.416 e. The highest BCUT2D eigenvalue weighted by Crippen LogP contribution is 2.29. The summed E-state index contributed by atoms with van der Waals surface area (Å²) in [6.45, 7) is 0. The molecule has 0 unspecified atom stereocenters. The van der Waals surface area contributed by atoms with Crippen molar-refractivity contribution in [3.05, 3.63) is 69.8 Å². The molecule has 5 nitrogen and oxygen atoms in total. The summed E-state index contributed by atoms with van der Waals surface area (Å²) in [5.74, 6) is 0. The van der Waals surface area contributed by atoms with Crippen molar-refractivity contribution in [2.24, 2.45) is 5.10 Å². The van der Waals surface area contributed by atoms with Gasteiger partial charge in [0.1, 0.15) is 0 Å². The van der Waals surface area contributed by atoms with Crippen molar-refractivity contribution >= 4 is 28.1 Å². The van der Waals surface area contributed by atoms with Gasteiger partial charge in [-0.2, -0.15) is 18.3 Å². The summed E-state index contributed by atoms with van der Waals surface area (Å²) in [4.78, 5) is 9.97. The predicted molar refractivity (Wildman–Crippen MR) is 80.6 cm³/mol. The Labute approximate surface area is 133 Å². The fraction of sp³-hybridized carbons (Fsp3) is 0.0714. The highest BCUT2D eigenvalue weighted by atomic mass is 35.5. The quantitative estimate of drug-likeness (QED) is 0.500. The van der Waals surface area contributed by atoms with Gasteiger partial charge in [-0.1, -0.05) is 23.7 Å². The summed E-state index contributed by atoms with van der Waals surface area (Å²) >= 11 is 5.87. The zero-order chi connectivity index (χ0) is 17.0. The van der Waals surface area contributed by atoms with Crippen molar-refractivity contribution in [3.8, 4) is 0 Å². The van der Waals surface area contributed by atoms with Crippen LogP contribution < -0.4 is 5.43 Å². The SMILES string of the molecule is O=[N+]([O-])c1ccc(NN=C(Cl)c2cccc(C(F)(F)F)c2)cc1. The Morgan fingerprint density at radius 3 is 2.39 bits per heavy atom. The Bertz CT molecular complexity index is 746. The van der Waals surface area contributed by atoms with Gasteiger partial charge in [0.25, 0.3) is 5.69 Å². The Hall–Kier alpha value is -2.61. The standard InChI is InChI=1S/C14H9ClF3N3O2/c15-13(9-2-1-3-10(8-9)14(16,17)18)20-19-11-4-6-12(7-5-11)21(22)23/h1-8,19H. The minimum atomic E-state index is -4.47. The van der Waals surface area contributed by atoms with Crippen molar-refractivity contribution in [2.75, 3.05) is 5.43 Å². The molecule has 2 aromatic carbocycles. The zero-order valence-electron chi connectivity index (χ0n) is 11.3. The summed E-state index contributed by atoms with van der Waals surface area (Å²) in [6, 6.07) is 9.74. The van der Waals surface area contributed by atoms with Crippen LogP contribution >= 0.6 is 11.6 Å². The molecule has 0 saturated heterocycles. The van der Waals surface area contributed by atoms with Crippen LogP contribution in [0.2, 0.25) is 0 Å². The van der Waals surface area contributed by atoms with Gasteiger partial charge in [-0.15, -0.1) is 0 Å². The maximum absolute atomic E-state index is 12.6. The number of halogens is 4. The lowest BCUT2D eigenvalue weighted by atomic mass is 10.1. The van der Waals surface area contributed by atoms with Crippen LogP contribution in [-0.2, 0) is 6.18 Å². The van der Waals surface area contributed by atoms with E-state index in [2.05, 4.69) is 10.5 Å². The van der Waals surface area contributed by atoms with Gasteiger partial charge in [0.15, 0.2) is 5.17 Å². The normalized spacial score (nSPS) is 12.1. The molecular weight excluding hydrogens is 335 g/mol. The lowest BCUT2D eigenvalue weighted by Crippen LogP contribution is -2.06. The van der Waals surface area contributed by atoms with Crippen molar-refractivity contribution in [2.45, 2.75) is 6.18 Å². The van der Waals surface area contributed by atoms with E-state index in [-0.39, 0.29) is 16.4 Å². The van der Waals surface area contributed by atoms with Crippen LogP contribution in [0.25, 0.3) is 0 Å². The van der Waals surface area contributed by atoms with Gasteiger partial charge in [0.2, 0.25) is 0 Å². The minimum Gasteiger partial charge on any atom is -0.277 e. The largest absolute Gasteiger partial charge is 0.416 e. The first kappa shape index (κ1) is 16.8. The van der Waals surface area contributed by atoms with Crippen LogP contribution in [0.1, 0.15) is 11.1 Å². The van der Waals surface area contributed by atoms with E-state index in [4.69, 9.17) is 11.6 Å². The van der Waals surface area contributed by atoms with Crippen LogP contribution in [0.15, 0.2) is 53.6 Å². The number of hydrogen-bond donors (Lipinski definition) is 1. The molecule has 2 aromatic rings. The zero-order valence-corrected chi connectivity index (χ0v) is 12.1. The van der Waals surface area contributed by atoms with Gasteiger partial charge in [-0.05, 0) is 24.3 Å². The number of nitrogens with one attached hydrogen (secondary N) is 1.